The molecule has 82 valence electrons. The third-order valence-corrected chi connectivity index (χ3v) is 4.11. The number of rotatable bonds is 1. The maximum Gasteiger partial charge on any atom is 0.0645 e. The minimum Gasteiger partial charge on any atom is -0.378 e. The van der Waals surface area contributed by atoms with Crippen molar-refractivity contribution in [1.29, 1.82) is 0 Å². The standard InChI is InChI=1S/C13H19NO/c1-9-3-4-10(2)13-6-14(5-12(9)13)11-7-15-8-11/h3,10-11H,4-8H2,1-2H3/t10-/m1/s1. The van der Waals surface area contributed by atoms with E-state index in [-0.39, 0.29) is 0 Å². The van der Waals surface area contributed by atoms with E-state index in [0.717, 1.165) is 25.7 Å². The second-order valence-electron chi connectivity index (χ2n) is 5.12. The monoisotopic (exact) mass is 205 g/mol. The van der Waals surface area contributed by atoms with E-state index in [9.17, 15) is 0 Å². The molecule has 0 aromatic heterocycles. The zero-order valence-electron chi connectivity index (χ0n) is 9.62. The Morgan fingerprint density at radius 1 is 1.33 bits per heavy atom. The summed E-state index contributed by atoms with van der Waals surface area (Å²) in [5.74, 6) is 0.759. The molecule has 1 atom stereocenters. The van der Waals surface area contributed by atoms with Crippen LogP contribution in [0.3, 0.4) is 0 Å². The number of ether oxygens (including phenoxy) is 1. The molecule has 2 heteroatoms. The van der Waals surface area contributed by atoms with Gasteiger partial charge >= 0.3 is 0 Å². The van der Waals surface area contributed by atoms with Gasteiger partial charge in [-0.3, -0.25) is 4.90 Å². The van der Waals surface area contributed by atoms with E-state index >= 15 is 0 Å². The smallest absolute Gasteiger partial charge is 0.0645 e. The van der Waals surface area contributed by atoms with E-state index < -0.39 is 0 Å². The van der Waals surface area contributed by atoms with Crippen LogP contribution in [-0.4, -0.2) is 37.2 Å². The highest BCUT2D eigenvalue weighted by Gasteiger charge is 2.34. The van der Waals surface area contributed by atoms with E-state index in [2.05, 4.69) is 24.8 Å². The van der Waals surface area contributed by atoms with Crippen molar-refractivity contribution in [3.63, 3.8) is 0 Å². The van der Waals surface area contributed by atoms with E-state index in [1.165, 1.54) is 18.5 Å². The van der Waals surface area contributed by atoms with Crippen LogP contribution in [0.4, 0.5) is 0 Å². The van der Waals surface area contributed by atoms with Gasteiger partial charge in [-0.25, -0.2) is 0 Å². The largest absolute Gasteiger partial charge is 0.378 e. The Morgan fingerprint density at radius 2 is 2.13 bits per heavy atom. The van der Waals surface area contributed by atoms with Crippen LogP contribution in [0.15, 0.2) is 22.8 Å². The van der Waals surface area contributed by atoms with Gasteiger partial charge in [0, 0.05) is 13.1 Å². The van der Waals surface area contributed by atoms with Crippen LogP contribution in [0.5, 0.6) is 0 Å². The van der Waals surface area contributed by atoms with Gasteiger partial charge in [0.1, 0.15) is 0 Å². The molecular weight excluding hydrogens is 186 g/mol. The lowest BCUT2D eigenvalue weighted by molar-refractivity contribution is -0.0561. The molecule has 0 radical (unpaired) electrons. The van der Waals surface area contributed by atoms with Gasteiger partial charge in [0.25, 0.3) is 0 Å². The summed E-state index contributed by atoms with van der Waals surface area (Å²) in [6.45, 7) is 8.86. The van der Waals surface area contributed by atoms with Crippen LogP contribution in [0.2, 0.25) is 0 Å². The Balaban J connectivity index is 1.79. The fourth-order valence-corrected chi connectivity index (χ4v) is 2.82. The van der Waals surface area contributed by atoms with E-state index in [4.69, 9.17) is 4.74 Å². The molecule has 1 fully saturated rings. The van der Waals surface area contributed by atoms with E-state index in [1.54, 1.807) is 11.1 Å². The van der Waals surface area contributed by atoms with Gasteiger partial charge in [0.2, 0.25) is 0 Å². The molecule has 2 aliphatic heterocycles. The maximum atomic E-state index is 5.28. The summed E-state index contributed by atoms with van der Waals surface area (Å²) in [6.07, 6.45) is 3.64. The topological polar surface area (TPSA) is 12.5 Å². The van der Waals surface area contributed by atoms with Gasteiger partial charge in [0.05, 0.1) is 19.3 Å². The molecule has 0 N–H and O–H groups in total. The van der Waals surface area contributed by atoms with Gasteiger partial charge in [0.15, 0.2) is 0 Å². The molecule has 0 unspecified atom stereocenters. The maximum absolute atomic E-state index is 5.28. The number of nitrogens with zero attached hydrogens (tertiary/aromatic N) is 1. The minimum absolute atomic E-state index is 0.690. The number of hydrogen-bond acceptors (Lipinski definition) is 2. The zero-order valence-corrected chi connectivity index (χ0v) is 9.62. The number of hydrogen-bond donors (Lipinski definition) is 0. The lowest BCUT2D eigenvalue weighted by Gasteiger charge is -2.34. The molecule has 15 heavy (non-hydrogen) atoms. The molecule has 0 bridgehead atoms. The molecule has 0 aromatic rings. The van der Waals surface area contributed by atoms with Crippen molar-refractivity contribution >= 4 is 0 Å². The summed E-state index contributed by atoms with van der Waals surface area (Å²) < 4.78 is 5.28. The average Bonchev–Trinajstić information content (AvgIpc) is 2.54. The lowest BCUT2D eigenvalue weighted by Crippen LogP contribution is -2.48. The molecule has 0 amide bonds. The average molecular weight is 205 g/mol. The first-order valence-corrected chi connectivity index (χ1v) is 5.96. The third-order valence-electron chi connectivity index (χ3n) is 4.11. The molecule has 1 saturated heterocycles. The Bertz CT molecular complexity index is 338. The highest BCUT2D eigenvalue weighted by molar-refractivity contribution is 5.43. The van der Waals surface area contributed by atoms with Crippen molar-refractivity contribution in [3.8, 4) is 0 Å². The first-order chi connectivity index (χ1) is 7.25. The Kier molecular flexibility index (Phi) is 2.22. The van der Waals surface area contributed by atoms with Gasteiger partial charge < -0.3 is 4.74 Å². The van der Waals surface area contributed by atoms with Gasteiger partial charge in [-0.05, 0) is 30.4 Å². The first kappa shape index (κ1) is 9.61. The lowest BCUT2D eigenvalue weighted by atomic mass is 9.86. The summed E-state index contributed by atoms with van der Waals surface area (Å²) >= 11 is 0. The molecule has 0 aromatic carbocycles. The Hall–Kier alpha value is -0.600. The minimum atomic E-state index is 0.690. The van der Waals surface area contributed by atoms with Crippen LogP contribution < -0.4 is 0 Å². The van der Waals surface area contributed by atoms with Crippen LogP contribution in [0.1, 0.15) is 20.3 Å². The van der Waals surface area contributed by atoms with Gasteiger partial charge in [-0.2, -0.15) is 0 Å². The Morgan fingerprint density at radius 3 is 2.73 bits per heavy atom. The highest BCUT2D eigenvalue weighted by atomic mass is 16.5. The summed E-state index contributed by atoms with van der Waals surface area (Å²) in [7, 11) is 0. The van der Waals surface area contributed by atoms with Crippen molar-refractivity contribution in [2.45, 2.75) is 26.3 Å². The highest BCUT2D eigenvalue weighted by Crippen LogP contribution is 2.36. The molecule has 0 spiro atoms. The molecule has 3 aliphatic rings. The van der Waals surface area contributed by atoms with Crippen molar-refractivity contribution < 1.29 is 4.74 Å². The molecule has 3 rings (SSSR count). The zero-order chi connectivity index (χ0) is 10.4. The fourth-order valence-electron chi connectivity index (χ4n) is 2.82. The first-order valence-electron chi connectivity index (χ1n) is 5.96. The van der Waals surface area contributed by atoms with Crippen LogP contribution in [-0.2, 0) is 4.74 Å². The van der Waals surface area contributed by atoms with Crippen LogP contribution in [0, 0.1) is 5.92 Å². The summed E-state index contributed by atoms with van der Waals surface area (Å²) in [5.41, 5.74) is 4.84. The summed E-state index contributed by atoms with van der Waals surface area (Å²) in [5, 5.41) is 0. The second kappa shape index (κ2) is 3.46. The summed E-state index contributed by atoms with van der Waals surface area (Å²) in [4.78, 5) is 2.59. The predicted octanol–water partition coefficient (Wildman–Crippen LogP) is 1.98. The number of allylic oxidation sites excluding steroid dienone is 1. The second-order valence-corrected chi connectivity index (χ2v) is 5.12. The van der Waals surface area contributed by atoms with Crippen molar-refractivity contribution in [1.82, 2.24) is 4.90 Å². The summed E-state index contributed by atoms with van der Waals surface area (Å²) in [6, 6.07) is 0.690. The molecular formula is C13H19NO. The van der Waals surface area contributed by atoms with Crippen LogP contribution in [0.25, 0.3) is 0 Å². The molecule has 1 aliphatic carbocycles. The normalized spacial score (nSPS) is 32.7. The molecule has 2 heterocycles. The van der Waals surface area contributed by atoms with Crippen molar-refractivity contribution in [2.75, 3.05) is 26.3 Å². The molecule has 2 nitrogen and oxygen atoms in total. The SMILES string of the molecule is CC1=CC[C@@H](C)C2=C1CN(C1COC1)C2. The van der Waals surface area contributed by atoms with Gasteiger partial charge in [-0.15, -0.1) is 0 Å². The third kappa shape index (κ3) is 1.47. The van der Waals surface area contributed by atoms with E-state index in [1.807, 2.05) is 0 Å². The van der Waals surface area contributed by atoms with Crippen molar-refractivity contribution in [3.05, 3.63) is 22.8 Å². The predicted molar refractivity (Wildman–Crippen MR) is 60.7 cm³/mol. The quantitative estimate of drug-likeness (QED) is 0.649. The van der Waals surface area contributed by atoms with Crippen molar-refractivity contribution in [2.24, 2.45) is 5.92 Å². The fraction of sp³-hybridized carbons (Fsp3) is 0.692. The van der Waals surface area contributed by atoms with Crippen LogP contribution >= 0.6 is 0 Å². The van der Waals surface area contributed by atoms with E-state index in [0.29, 0.717) is 6.04 Å². The Labute approximate surface area is 91.6 Å². The molecule has 0 saturated carbocycles. The van der Waals surface area contributed by atoms with Gasteiger partial charge in [-0.1, -0.05) is 18.6 Å².